The van der Waals surface area contributed by atoms with E-state index in [0.717, 1.165) is 24.8 Å². The van der Waals surface area contributed by atoms with Gasteiger partial charge in [0, 0.05) is 17.2 Å². The second-order valence-corrected chi connectivity index (χ2v) is 9.25. The summed E-state index contributed by atoms with van der Waals surface area (Å²) < 4.78 is 45.1. The van der Waals surface area contributed by atoms with E-state index in [0.29, 0.717) is 34.7 Å². The van der Waals surface area contributed by atoms with Crippen LogP contribution in [0.2, 0.25) is 0 Å². The predicted molar refractivity (Wildman–Crippen MR) is 124 cm³/mol. The molecule has 9 nitrogen and oxygen atoms in total. The SMILES string of the molecule is COc1ccc(NS(=O)(=O)c2cc(-c3n[nH]c(=O)c4c3CCCC4)ccc2OC)c(OC)c1. The van der Waals surface area contributed by atoms with Gasteiger partial charge in [-0.1, -0.05) is 0 Å². The molecule has 0 bridgehead atoms. The third-order valence-corrected chi connectivity index (χ3v) is 7.06. The summed E-state index contributed by atoms with van der Waals surface area (Å²) in [6.07, 6.45) is 3.29. The molecule has 0 unspecified atom stereocenters. The highest BCUT2D eigenvalue weighted by atomic mass is 32.2. The van der Waals surface area contributed by atoms with E-state index in [1.54, 1.807) is 30.3 Å². The lowest BCUT2D eigenvalue weighted by atomic mass is 9.90. The minimum absolute atomic E-state index is 0.0575. The molecule has 3 aromatic rings. The summed E-state index contributed by atoms with van der Waals surface area (Å²) in [6, 6.07) is 9.60. The van der Waals surface area contributed by atoms with Crippen molar-refractivity contribution in [1.82, 2.24) is 10.2 Å². The van der Waals surface area contributed by atoms with Gasteiger partial charge in [-0.2, -0.15) is 5.10 Å². The molecule has 174 valence electrons. The molecule has 0 atom stereocenters. The van der Waals surface area contributed by atoms with Gasteiger partial charge in [0.15, 0.2) is 0 Å². The fraction of sp³-hybridized carbons (Fsp3) is 0.304. The minimum Gasteiger partial charge on any atom is -0.497 e. The largest absolute Gasteiger partial charge is 0.497 e. The van der Waals surface area contributed by atoms with Gasteiger partial charge < -0.3 is 14.2 Å². The van der Waals surface area contributed by atoms with Crippen molar-refractivity contribution in [2.24, 2.45) is 0 Å². The van der Waals surface area contributed by atoms with E-state index in [2.05, 4.69) is 14.9 Å². The van der Waals surface area contributed by atoms with E-state index < -0.39 is 10.0 Å². The van der Waals surface area contributed by atoms with Crippen LogP contribution in [0, 0.1) is 0 Å². The molecule has 33 heavy (non-hydrogen) atoms. The number of nitrogens with zero attached hydrogens (tertiary/aromatic N) is 1. The van der Waals surface area contributed by atoms with Crippen LogP contribution in [0.5, 0.6) is 17.2 Å². The highest BCUT2D eigenvalue weighted by Gasteiger charge is 2.25. The Kier molecular flexibility index (Phi) is 6.28. The van der Waals surface area contributed by atoms with Crippen LogP contribution in [-0.2, 0) is 22.9 Å². The van der Waals surface area contributed by atoms with Crippen LogP contribution in [0.3, 0.4) is 0 Å². The number of hydrogen-bond acceptors (Lipinski definition) is 7. The molecule has 4 rings (SSSR count). The fourth-order valence-electron chi connectivity index (χ4n) is 4.01. The molecule has 2 N–H and O–H groups in total. The van der Waals surface area contributed by atoms with E-state index in [4.69, 9.17) is 14.2 Å². The van der Waals surface area contributed by atoms with Crippen molar-refractivity contribution in [3.8, 4) is 28.5 Å². The Morgan fingerprint density at radius 2 is 1.64 bits per heavy atom. The number of sulfonamides is 1. The molecule has 2 aromatic carbocycles. The zero-order chi connectivity index (χ0) is 23.6. The van der Waals surface area contributed by atoms with E-state index in [-0.39, 0.29) is 21.9 Å². The molecule has 0 saturated carbocycles. The Hall–Kier alpha value is -3.53. The molecule has 1 heterocycles. The van der Waals surface area contributed by atoms with Gasteiger partial charge in [-0.25, -0.2) is 13.5 Å². The number of aromatic amines is 1. The lowest BCUT2D eigenvalue weighted by Gasteiger charge is -2.19. The normalized spacial score (nSPS) is 13.2. The first-order valence-corrected chi connectivity index (χ1v) is 11.9. The number of nitrogens with one attached hydrogen (secondary N) is 2. The van der Waals surface area contributed by atoms with Crippen LogP contribution in [-0.4, -0.2) is 39.9 Å². The molecule has 0 fully saturated rings. The number of anilines is 1. The summed E-state index contributed by atoms with van der Waals surface area (Å²) in [5, 5.41) is 6.79. The Morgan fingerprint density at radius 1 is 0.909 bits per heavy atom. The number of H-pyrrole nitrogens is 1. The van der Waals surface area contributed by atoms with Crippen LogP contribution in [0.25, 0.3) is 11.3 Å². The second-order valence-electron chi connectivity index (χ2n) is 7.60. The number of methoxy groups -OCH3 is 3. The Balaban J connectivity index is 1.79. The Labute approximate surface area is 191 Å². The maximum Gasteiger partial charge on any atom is 0.267 e. The monoisotopic (exact) mass is 471 g/mol. The molecule has 0 aliphatic heterocycles. The molecule has 0 saturated heterocycles. The number of aromatic nitrogens is 2. The molecule has 1 aromatic heterocycles. The fourth-order valence-corrected chi connectivity index (χ4v) is 5.28. The van der Waals surface area contributed by atoms with Gasteiger partial charge >= 0.3 is 0 Å². The van der Waals surface area contributed by atoms with E-state index in [9.17, 15) is 13.2 Å². The predicted octanol–water partition coefficient (Wildman–Crippen LogP) is 3.14. The van der Waals surface area contributed by atoms with Crippen molar-refractivity contribution in [3.63, 3.8) is 0 Å². The second kappa shape index (κ2) is 9.14. The lowest BCUT2D eigenvalue weighted by Crippen LogP contribution is -2.21. The number of benzene rings is 2. The van der Waals surface area contributed by atoms with Gasteiger partial charge in [-0.15, -0.1) is 0 Å². The maximum atomic E-state index is 13.4. The molecule has 0 radical (unpaired) electrons. The summed E-state index contributed by atoms with van der Waals surface area (Å²) >= 11 is 0. The summed E-state index contributed by atoms with van der Waals surface area (Å²) in [6.45, 7) is 0. The van der Waals surface area contributed by atoms with Crippen molar-refractivity contribution in [1.29, 1.82) is 0 Å². The first-order valence-electron chi connectivity index (χ1n) is 10.4. The molecular formula is C23H25N3O6S. The number of rotatable bonds is 7. The lowest BCUT2D eigenvalue weighted by molar-refractivity contribution is 0.395. The summed E-state index contributed by atoms with van der Waals surface area (Å²) in [5.41, 5.74) is 2.79. The number of hydrogen-bond donors (Lipinski definition) is 2. The maximum absolute atomic E-state index is 13.4. The molecule has 1 aliphatic rings. The highest BCUT2D eigenvalue weighted by molar-refractivity contribution is 7.92. The topological polar surface area (TPSA) is 120 Å². The highest BCUT2D eigenvalue weighted by Crippen LogP contribution is 2.35. The average Bonchev–Trinajstić information content (AvgIpc) is 2.84. The molecule has 1 aliphatic carbocycles. The zero-order valence-electron chi connectivity index (χ0n) is 18.6. The van der Waals surface area contributed by atoms with Gasteiger partial charge in [0.2, 0.25) is 0 Å². The van der Waals surface area contributed by atoms with Crippen molar-refractivity contribution in [3.05, 3.63) is 57.9 Å². The summed E-state index contributed by atoms with van der Waals surface area (Å²) in [7, 11) is 0.297. The number of ether oxygens (including phenoxy) is 3. The first-order chi connectivity index (χ1) is 15.9. The van der Waals surface area contributed by atoms with Gasteiger partial charge in [-0.05, 0) is 61.6 Å². The van der Waals surface area contributed by atoms with E-state index in [1.165, 1.54) is 27.4 Å². The summed E-state index contributed by atoms with van der Waals surface area (Å²) in [4.78, 5) is 12.2. The molecular weight excluding hydrogens is 446 g/mol. The van der Waals surface area contributed by atoms with Gasteiger partial charge in [-0.3, -0.25) is 9.52 Å². The molecule has 10 heteroatoms. The van der Waals surface area contributed by atoms with Crippen molar-refractivity contribution in [2.45, 2.75) is 30.6 Å². The number of fused-ring (bicyclic) bond motifs is 1. The molecule has 0 spiro atoms. The third-order valence-electron chi connectivity index (χ3n) is 5.68. The third kappa shape index (κ3) is 4.38. The van der Waals surface area contributed by atoms with Crippen LogP contribution >= 0.6 is 0 Å². The van der Waals surface area contributed by atoms with Crippen molar-refractivity contribution in [2.75, 3.05) is 26.1 Å². The van der Waals surface area contributed by atoms with E-state index in [1.807, 2.05) is 0 Å². The Morgan fingerprint density at radius 3 is 2.33 bits per heavy atom. The van der Waals surface area contributed by atoms with Crippen LogP contribution in [0.15, 0.2) is 46.1 Å². The van der Waals surface area contributed by atoms with Crippen LogP contribution in [0.4, 0.5) is 5.69 Å². The van der Waals surface area contributed by atoms with Gasteiger partial charge in [0.25, 0.3) is 15.6 Å². The smallest absolute Gasteiger partial charge is 0.267 e. The van der Waals surface area contributed by atoms with Crippen molar-refractivity contribution < 1.29 is 22.6 Å². The van der Waals surface area contributed by atoms with Gasteiger partial charge in [0.05, 0.1) is 32.7 Å². The van der Waals surface area contributed by atoms with E-state index >= 15 is 0 Å². The minimum atomic E-state index is -4.06. The van der Waals surface area contributed by atoms with Crippen molar-refractivity contribution >= 4 is 15.7 Å². The zero-order valence-corrected chi connectivity index (χ0v) is 19.4. The van der Waals surface area contributed by atoms with Crippen LogP contribution < -0.4 is 24.5 Å². The Bertz CT molecular complexity index is 1350. The summed E-state index contributed by atoms with van der Waals surface area (Å²) in [5.74, 6) is 1.02. The molecule has 0 amide bonds. The first kappa shape index (κ1) is 22.7. The average molecular weight is 472 g/mol. The van der Waals surface area contributed by atoms with Gasteiger partial charge in [0.1, 0.15) is 22.1 Å². The standard InChI is InChI=1S/C23H25N3O6S/c1-30-15-9-10-18(20(13-15)32-3)26-33(28,29)21-12-14(8-11-19(21)31-2)22-16-6-4-5-7-17(16)23(27)25-24-22/h8-13,26H,4-7H2,1-3H3,(H,25,27). The van der Waals surface area contributed by atoms with Crippen LogP contribution in [0.1, 0.15) is 24.0 Å². The quantitative estimate of drug-likeness (QED) is 0.543.